The molecule has 0 aromatic heterocycles. The highest BCUT2D eigenvalue weighted by Gasteiger charge is 2.06. The molecule has 1 amide bonds. The van der Waals surface area contributed by atoms with E-state index in [9.17, 15) is 9.90 Å². The highest BCUT2D eigenvalue weighted by molar-refractivity contribution is 5.74. The van der Waals surface area contributed by atoms with Crippen molar-refractivity contribution in [3.63, 3.8) is 0 Å². The third kappa shape index (κ3) is 4.22. The number of nitrogens with one attached hydrogen (secondary N) is 1. The van der Waals surface area contributed by atoms with Gasteiger partial charge in [0, 0.05) is 6.42 Å². The zero-order valence-corrected chi connectivity index (χ0v) is 11.5. The van der Waals surface area contributed by atoms with E-state index in [4.69, 9.17) is 9.94 Å². The summed E-state index contributed by atoms with van der Waals surface area (Å²) in [7, 11) is 0. The highest BCUT2D eigenvalue weighted by atomic mass is 16.5. The third-order valence-corrected chi connectivity index (χ3v) is 3.00. The number of carbonyl (C=O) groups excluding carboxylic acids is 1. The third-order valence-electron chi connectivity index (χ3n) is 3.00. The van der Waals surface area contributed by atoms with Gasteiger partial charge in [0.1, 0.15) is 0 Å². The number of hydrogen-bond donors (Lipinski definition) is 3. The second-order valence-electron chi connectivity index (χ2n) is 4.54. The van der Waals surface area contributed by atoms with Crippen LogP contribution in [-0.4, -0.2) is 22.8 Å². The molecule has 5 nitrogen and oxygen atoms in total. The number of aromatic hydroxyl groups is 1. The van der Waals surface area contributed by atoms with Crippen LogP contribution in [0.1, 0.15) is 12.8 Å². The molecule has 0 spiro atoms. The Morgan fingerprint density at radius 1 is 1.10 bits per heavy atom. The Kier molecular flexibility index (Phi) is 5.17. The fraction of sp³-hybridized carbons (Fsp3) is 0.188. The second-order valence-corrected chi connectivity index (χ2v) is 4.54. The Hall–Kier alpha value is -2.53. The molecule has 0 bridgehead atoms. The van der Waals surface area contributed by atoms with Crippen molar-refractivity contribution < 1.29 is 19.8 Å². The lowest BCUT2D eigenvalue weighted by Crippen LogP contribution is -2.18. The molecule has 21 heavy (non-hydrogen) atoms. The molecule has 0 aliphatic rings. The van der Waals surface area contributed by atoms with E-state index < -0.39 is 5.91 Å². The molecule has 0 unspecified atom stereocenters. The van der Waals surface area contributed by atoms with Gasteiger partial charge in [-0.05, 0) is 29.7 Å². The zero-order chi connectivity index (χ0) is 15.1. The van der Waals surface area contributed by atoms with Gasteiger partial charge in [-0.15, -0.1) is 0 Å². The summed E-state index contributed by atoms with van der Waals surface area (Å²) in [5.41, 5.74) is 3.53. The minimum atomic E-state index is -0.458. The van der Waals surface area contributed by atoms with Crippen molar-refractivity contribution in [2.45, 2.75) is 12.8 Å². The van der Waals surface area contributed by atoms with Crippen LogP contribution in [-0.2, 0) is 4.79 Å². The average Bonchev–Trinajstić information content (AvgIpc) is 2.53. The Morgan fingerprint density at radius 2 is 1.86 bits per heavy atom. The first kappa shape index (κ1) is 14.9. The summed E-state index contributed by atoms with van der Waals surface area (Å²) in [5.74, 6) is -0.0251. The van der Waals surface area contributed by atoms with Gasteiger partial charge >= 0.3 is 0 Å². The van der Waals surface area contributed by atoms with Crippen molar-refractivity contribution in [1.82, 2.24) is 5.48 Å². The van der Waals surface area contributed by atoms with E-state index in [0.717, 1.165) is 11.1 Å². The summed E-state index contributed by atoms with van der Waals surface area (Å²) >= 11 is 0. The molecular formula is C16H17NO4. The molecule has 3 N–H and O–H groups in total. The molecule has 0 aliphatic carbocycles. The van der Waals surface area contributed by atoms with Gasteiger partial charge in [0.2, 0.25) is 5.91 Å². The Labute approximate surface area is 122 Å². The first-order valence-corrected chi connectivity index (χ1v) is 6.65. The maximum Gasteiger partial charge on any atom is 0.243 e. The average molecular weight is 287 g/mol. The van der Waals surface area contributed by atoms with Gasteiger partial charge in [0.05, 0.1) is 6.61 Å². The molecule has 0 saturated heterocycles. The standard InChI is InChI=1S/C16H17NO4/c18-14-9-8-13(12-5-2-1-3-6-12)11-15(14)21-10-4-7-16(19)17-20/h1-3,5-6,8-9,11,18,20H,4,7,10H2,(H,17,19). The predicted octanol–water partition coefficient (Wildman–Crippen LogP) is 2.72. The van der Waals surface area contributed by atoms with Gasteiger partial charge in [-0.1, -0.05) is 36.4 Å². The molecule has 2 rings (SSSR count). The quantitative estimate of drug-likeness (QED) is 0.433. The van der Waals surface area contributed by atoms with Gasteiger partial charge in [0.15, 0.2) is 11.5 Å². The molecule has 0 radical (unpaired) electrons. The smallest absolute Gasteiger partial charge is 0.243 e. The van der Waals surface area contributed by atoms with Gasteiger partial charge in [-0.25, -0.2) is 5.48 Å². The van der Waals surface area contributed by atoms with Crippen molar-refractivity contribution in [2.75, 3.05) is 6.61 Å². The lowest BCUT2D eigenvalue weighted by atomic mass is 10.1. The van der Waals surface area contributed by atoms with Crippen molar-refractivity contribution in [1.29, 1.82) is 0 Å². The van der Waals surface area contributed by atoms with Crippen LogP contribution in [0.2, 0.25) is 0 Å². The van der Waals surface area contributed by atoms with Gasteiger partial charge in [-0.2, -0.15) is 0 Å². The lowest BCUT2D eigenvalue weighted by molar-refractivity contribution is -0.129. The predicted molar refractivity (Wildman–Crippen MR) is 78.2 cm³/mol. The maximum absolute atomic E-state index is 10.9. The fourth-order valence-corrected chi connectivity index (χ4v) is 1.91. The largest absolute Gasteiger partial charge is 0.504 e. The van der Waals surface area contributed by atoms with Crippen molar-refractivity contribution in [3.8, 4) is 22.6 Å². The van der Waals surface area contributed by atoms with Crippen LogP contribution in [0.5, 0.6) is 11.5 Å². The van der Waals surface area contributed by atoms with Gasteiger partial charge in [-0.3, -0.25) is 10.0 Å². The molecule has 2 aromatic carbocycles. The molecule has 0 saturated carbocycles. The van der Waals surface area contributed by atoms with Crippen molar-refractivity contribution >= 4 is 5.91 Å². The molecule has 0 heterocycles. The Bertz CT molecular complexity index is 598. The molecule has 0 fully saturated rings. The number of benzene rings is 2. The summed E-state index contributed by atoms with van der Waals surface area (Å²) in [6.07, 6.45) is 0.608. The summed E-state index contributed by atoms with van der Waals surface area (Å²) < 4.78 is 5.48. The first-order valence-electron chi connectivity index (χ1n) is 6.65. The van der Waals surface area contributed by atoms with Crippen LogP contribution in [0, 0.1) is 0 Å². The second kappa shape index (κ2) is 7.31. The van der Waals surface area contributed by atoms with Gasteiger partial charge < -0.3 is 9.84 Å². The fourth-order valence-electron chi connectivity index (χ4n) is 1.91. The monoisotopic (exact) mass is 287 g/mol. The summed E-state index contributed by atoms with van der Waals surface area (Å²) in [5, 5.41) is 18.2. The number of hydrogen-bond acceptors (Lipinski definition) is 4. The van der Waals surface area contributed by atoms with Crippen LogP contribution in [0.4, 0.5) is 0 Å². The van der Waals surface area contributed by atoms with Crippen molar-refractivity contribution in [2.24, 2.45) is 0 Å². The summed E-state index contributed by atoms with van der Waals surface area (Å²) in [6.45, 7) is 0.277. The van der Waals surface area contributed by atoms with Crippen molar-refractivity contribution in [3.05, 3.63) is 48.5 Å². The van der Waals surface area contributed by atoms with E-state index in [1.165, 1.54) is 0 Å². The van der Waals surface area contributed by atoms with Gasteiger partial charge in [0.25, 0.3) is 0 Å². The normalized spacial score (nSPS) is 10.1. The number of carbonyl (C=O) groups is 1. The van der Waals surface area contributed by atoms with E-state index in [1.807, 2.05) is 36.4 Å². The Balaban J connectivity index is 2.01. The maximum atomic E-state index is 10.9. The summed E-state index contributed by atoms with van der Waals surface area (Å²) in [4.78, 5) is 10.9. The molecule has 0 atom stereocenters. The number of rotatable bonds is 6. The number of phenols is 1. The van der Waals surface area contributed by atoms with E-state index in [2.05, 4.69) is 0 Å². The van der Waals surface area contributed by atoms with Crippen LogP contribution in [0.3, 0.4) is 0 Å². The molecule has 2 aromatic rings. The van der Waals surface area contributed by atoms with E-state index in [0.29, 0.717) is 12.2 Å². The molecule has 0 aliphatic heterocycles. The van der Waals surface area contributed by atoms with Crippen LogP contribution in [0.15, 0.2) is 48.5 Å². The van der Waals surface area contributed by atoms with E-state index in [-0.39, 0.29) is 18.8 Å². The van der Waals surface area contributed by atoms with Crippen LogP contribution >= 0.6 is 0 Å². The molecular weight excluding hydrogens is 270 g/mol. The lowest BCUT2D eigenvalue weighted by Gasteiger charge is -2.10. The Morgan fingerprint density at radius 3 is 2.57 bits per heavy atom. The summed E-state index contributed by atoms with van der Waals surface area (Å²) in [6, 6.07) is 14.9. The molecule has 110 valence electrons. The topological polar surface area (TPSA) is 78.8 Å². The number of hydroxylamine groups is 1. The zero-order valence-electron chi connectivity index (χ0n) is 11.5. The number of amides is 1. The minimum Gasteiger partial charge on any atom is -0.504 e. The van der Waals surface area contributed by atoms with Crippen LogP contribution in [0.25, 0.3) is 11.1 Å². The highest BCUT2D eigenvalue weighted by Crippen LogP contribution is 2.31. The SMILES string of the molecule is O=C(CCCOc1cc(-c2ccccc2)ccc1O)NO. The first-order chi connectivity index (χ1) is 10.2. The molecule has 5 heteroatoms. The minimum absolute atomic E-state index is 0.0568. The number of ether oxygens (including phenoxy) is 1. The van der Waals surface area contributed by atoms with E-state index in [1.54, 1.807) is 17.6 Å². The van der Waals surface area contributed by atoms with Crippen LogP contribution < -0.4 is 10.2 Å². The van der Waals surface area contributed by atoms with E-state index >= 15 is 0 Å². The number of phenolic OH excluding ortho intramolecular Hbond substituents is 1.